The second-order valence-corrected chi connectivity index (χ2v) is 5.07. The minimum atomic E-state index is -0.495. The molecule has 78 valence electrons. The van der Waals surface area contributed by atoms with Crippen LogP contribution >= 0.6 is 0 Å². The molecule has 0 aromatic heterocycles. The summed E-state index contributed by atoms with van der Waals surface area (Å²) in [6, 6.07) is 0. The Hall–Kier alpha value is -0.730. The van der Waals surface area contributed by atoms with Gasteiger partial charge in [0.2, 0.25) is 0 Å². The average molecular weight is 196 g/mol. The zero-order chi connectivity index (χ0) is 9.65. The quantitative estimate of drug-likeness (QED) is 0.559. The van der Waals surface area contributed by atoms with Gasteiger partial charge < -0.3 is 9.47 Å². The van der Waals surface area contributed by atoms with E-state index in [1.54, 1.807) is 0 Å². The molecule has 3 rings (SSSR count). The highest BCUT2D eigenvalue weighted by molar-refractivity contribution is 5.65. The lowest BCUT2D eigenvalue weighted by molar-refractivity contribution is -0.291. The monoisotopic (exact) mass is 196 g/mol. The molecule has 14 heavy (non-hydrogen) atoms. The van der Waals surface area contributed by atoms with Gasteiger partial charge in [0.15, 0.2) is 0 Å². The van der Waals surface area contributed by atoms with Crippen molar-refractivity contribution in [3.8, 4) is 0 Å². The Bertz CT molecular complexity index is 246. The Kier molecular flexibility index (Phi) is 1.62. The average Bonchev–Trinajstić information content (AvgIpc) is 2.57. The molecule has 1 saturated heterocycles. The third kappa shape index (κ3) is 1.14. The number of carbonyl (C=O) groups is 1. The van der Waals surface area contributed by atoms with Crippen molar-refractivity contribution in [2.24, 2.45) is 5.41 Å². The molecular weight excluding hydrogens is 180 g/mol. The lowest BCUT2D eigenvalue weighted by atomic mass is 9.70. The predicted molar refractivity (Wildman–Crippen MR) is 49.7 cm³/mol. The third-order valence-electron chi connectivity index (χ3n) is 4.28. The van der Waals surface area contributed by atoms with Gasteiger partial charge in [-0.05, 0) is 31.1 Å². The summed E-state index contributed by atoms with van der Waals surface area (Å²) in [5, 5.41) is 0. The maximum absolute atomic E-state index is 10.6. The first kappa shape index (κ1) is 8.57. The van der Waals surface area contributed by atoms with Gasteiger partial charge in [0.25, 0.3) is 5.79 Å². The summed E-state index contributed by atoms with van der Waals surface area (Å²) in [7, 11) is 0. The number of carbonyl (C=O) groups excluding carboxylic acids is 1. The van der Waals surface area contributed by atoms with Crippen LogP contribution in [0.25, 0.3) is 0 Å². The highest BCUT2D eigenvalue weighted by Crippen LogP contribution is 2.53. The highest BCUT2D eigenvalue weighted by Gasteiger charge is 2.54. The summed E-state index contributed by atoms with van der Waals surface area (Å²) in [5.41, 5.74) is 0.580. The van der Waals surface area contributed by atoms with Gasteiger partial charge in [-0.15, -0.1) is 0 Å². The molecule has 3 aliphatic rings. The van der Waals surface area contributed by atoms with E-state index >= 15 is 0 Å². The number of hydrogen-bond donors (Lipinski definition) is 0. The molecule has 0 aromatic rings. The summed E-state index contributed by atoms with van der Waals surface area (Å²) in [6.45, 7) is 0. The molecule has 3 fully saturated rings. The smallest absolute Gasteiger partial charge is 0.391 e. The van der Waals surface area contributed by atoms with E-state index in [2.05, 4.69) is 0 Å². The standard InChI is InChI=1S/C11H16O3/c12-9-13-11(14-9)7-5-10(6-8-11)3-1-2-4-10/h1-8H2. The van der Waals surface area contributed by atoms with E-state index in [9.17, 15) is 4.79 Å². The van der Waals surface area contributed by atoms with E-state index in [4.69, 9.17) is 9.47 Å². The van der Waals surface area contributed by atoms with Gasteiger partial charge in [-0.3, -0.25) is 0 Å². The summed E-state index contributed by atoms with van der Waals surface area (Å²) < 4.78 is 10.2. The van der Waals surface area contributed by atoms with E-state index in [1.807, 2.05) is 0 Å². The molecule has 0 amide bonds. The van der Waals surface area contributed by atoms with E-state index in [0.29, 0.717) is 5.41 Å². The van der Waals surface area contributed by atoms with Crippen LogP contribution in [0.4, 0.5) is 4.79 Å². The van der Waals surface area contributed by atoms with Crippen molar-refractivity contribution in [1.82, 2.24) is 0 Å². The SMILES string of the molecule is O=C1OC2(CCC3(CCCC3)CC2)O1. The van der Waals surface area contributed by atoms with Crippen molar-refractivity contribution in [3.63, 3.8) is 0 Å². The lowest BCUT2D eigenvalue weighted by Crippen LogP contribution is -2.53. The highest BCUT2D eigenvalue weighted by atomic mass is 16.9. The summed E-state index contributed by atoms with van der Waals surface area (Å²) >= 11 is 0. The molecule has 0 aromatic carbocycles. The molecule has 0 N–H and O–H groups in total. The van der Waals surface area contributed by atoms with Crippen LogP contribution in [-0.4, -0.2) is 11.9 Å². The first-order valence-corrected chi connectivity index (χ1v) is 5.64. The summed E-state index contributed by atoms with van der Waals surface area (Å²) in [5.74, 6) is -0.495. The van der Waals surface area contributed by atoms with Gasteiger partial charge in [-0.2, -0.15) is 0 Å². The number of ether oxygens (including phenoxy) is 2. The fourth-order valence-corrected chi connectivity index (χ4v) is 3.30. The molecule has 3 heteroatoms. The Morgan fingerprint density at radius 2 is 1.43 bits per heavy atom. The zero-order valence-corrected chi connectivity index (χ0v) is 8.38. The van der Waals surface area contributed by atoms with Crippen LogP contribution in [0.1, 0.15) is 51.4 Å². The number of hydrogen-bond acceptors (Lipinski definition) is 3. The van der Waals surface area contributed by atoms with Gasteiger partial charge >= 0.3 is 6.16 Å². The van der Waals surface area contributed by atoms with Gasteiger partial charge in [-0.25, -0.2) is 4.79 Å². The Morgan fingerprint density at radius 1 is 0.857 bits per heavy atom. The molecule has 2 spiro atoms. The maximum Gasteiger partial charge on any atom is 0.514 e. The van der Waals surface area contributed by atoms with E-state index in [0.717, 1.165) is 12.8 Å². The maximum atomic E-state index is 10.6. The summed E-state index contributed by atoms with van der Waals surface area (Å²) in [6.07, 6.45) is 9.22. The minimum absolute atomic E-state index is 0.479. The molecule has 0 bridgehead atoms. The van der Waals surface area contributed by atoms with Gasteiger partial charge in [0, 0.05) is 12.8 Å². The van der Waals surface area contributed by atoms with Crippen molar-refractivity contribution in [2.45, 2.75) is 57.2 Å². The minimum Gasteiger partial charge on any atom is -0.391 e. The molecule has 0 radical (unpaired) electrons. The first-order chi connectivity index (χ1) is 6.72. The molecule has 1 heterocycles. The van der Waals surface area contributed by atoms with Crippen LogP contribution in [0, 0.1) is 5.41 Å². The third-order valence-corrected chi connectivity index (χ3v) is 4.28. The lowest BCUT2D eigenvalue weighted by Gasteiger charge is -2.47. The Labute approximate surface area is 83.8 Å². The fourth-order valence-electron chi connectivity index (χ4n) is 3.30. The van der Waals surface area contributed by atoms with Crippen LogP contribution in [0.15, 0.2) is 0 Å². The normalized spacial score (nSPS) is 32.4. The van der Waals surface area contributed by atoms with Crippen LogP contribution in [0.5, 0.6) is 0 Å². The predicted octanol–water partition coefficient (Wildman–Crippen LogP) is 2.98. The molecule has 0 atom stereocenters. The van der Waals surface area contributed by atoms with Crippen molar-refractivity contribution < 1.29 is 14.3 Å². The van der Waals surface area contributed by atoms with Gasteiger partial charge in [0.1, 0.15) is 0 Å². The molecular formula is C11H16O3. The van der Waals surface area contributed by atoms with Gasteiger partial charge in [0.05, 0.1) is 0 Å². The second kappa shape index (κ2) is 2.65. The van der Waals surface area contributed by atoms with Crippen molar-refractivity contribution in [3.05, 3.63) is 0 Å². The van der Waals surface area contributed by atoms with E-state index < -0.39 is 11.9 Å². The molecule has 2 aliphatic carbocycles. The Morgan fingerprint density at radius 3 is 1.93 bits per heavy atom. The van der Waals surface area contributed by atoms with Crippen LogP contribution < -0.4 is 0 Å². The van der Waals surface area contributed by atoms with E-state index in [-0.39, 0.29) is 0 Å². The van der Waals surface area contributed by atoms with Crippen LogP contribution in [0.2, 0.25) is 0 Å². The van der Waals surface area contributed by atoms with Gasteiger partial charge in [-0.1, -0.05) is 12.8 Å². The first-order valence-electron chi connectivity index (χ1n) is 5.64. The van der Waals surface area contributed by atoms with Crippen LogP contribution in [-0.2, 0) is 9.47 Å². The largest absolute Gasteiger partial charge is 0.514 e. The van der Waals surface area contributed by atoms with Crippen molar-refractivity contribution in [1.29, 1.82) is 0 Å². The van der Waals surface area contributed by atoms with E-state index in [1.165, 1.54) is 38.5 Å². The molecule has 0 unspecified atom stereocenters. The van der Waals surface area contributed by atoms with Crippen molar-refractivity contribution in [2.75, 3.05) is 0 Å². The van der Waals surface area contributed by atoms with Crippen LogP contribution in [0.3, 0.4) is 0 Å². The molecule has 1 aliphatic heterocycles. The number of rotatable bonds is 0. The molecule has 2 saturated carbocycles. The Balaban J connectivity index is 1.64. The fraction of sp³-hybridized carbons (Fsp3) is 0.909. The second-order valence-electron chi connectivity index (χ2n) is 5.07. The molecule has 3 nitrogen and oxygen atoms in total. The summed E-state index contributed by atoms with van der Waals surface area (Å²) in [4.78, 5) is 10.6. The zero-order valence-electron chi connectivity index (χ0n) is 8.38. The van der Waals surface area contributed by atoms with Crippen molar-refractivity contribution >= 4 is 6.16 Å². The topological polar surface area (TPSA) is 35.5 Å².